The van der Waals surface area contributed by atoms with Crippen molar-refractivity contribution in [2.45, 2.75) is 50.5 Å². The van der Waals surface area contributed by atoms with Gasteiger partial charge in [-0.3, -0.25) is 14.3 Å². The molecule has 0 radical (unpaired) electrons. The fourth-order valence-corrected chi connectivity index (χ4v) is 3.62. The third-order valence-electron chi connectivity index (χ3n) is 5.36. The second-order valence-corrected chi connectivity index (χ2v) is 8.50. The fourth-order valence-electron chi connectivity index (χ4n) is 3.43. The standard InChI is InChI=1S/C23H36ClN3O9/c24-7-3-1-2-4-9-33-12-13-34-11-8-25-23(32)35-10-5-6-17-15-27(22(31)26-21(17)30)20-14-18(29)19(16-28)36-20/h5-6,15,18-20,28-29H,1-4,7-14,16H2,(H,25,32)(H,26,30,31)/t18?,19-,20-/m1/s1. The van der Waals surface area contributed by atoms with Crippen molar-refractivity contribution in [1.29, 1.82) is 0 Å². The van der Waals surface area contributed by atoms with E-state index in [2.05, 4.69) is 10.3 Å². The number of alkyl halides is 1. The highest BCUT2D eigenvalue weighted by Gasteiger charge is 2.35. The van der Waals surface area contributed by atoms with Crippen molar-refractivity contribution in [2.75, 3.05) is 52.1 Å². The van der Waals surface area contributed by atoms with E-state index < -0.39 is 42.4 Å². The van der Waals surface area contributed by atoms with E-state index in [9.17, 15) is 24.6 Å². The molecule has 0 aliphatic carbocycles. The Bertz CT molecular complexity index is 921. The Labute approximate surface area is 214 Å². The summed E-state index contributed by atoms with van der Waals surface area (Å²) in [7, 11) is 0. The molecular weight excluding hydrogens is 498 g/mol. The van der Waals surface area contributed by atoms with Crippen LogP contribution in [0.25, 0.3) is 6.08 Å². The minimum Gasteiger partial charge on any atom is -0.445 e. The Balaban J connectivity index is 1.61. The number of aromatic nitrogens is 2. The molecular formula is C23H36ClN3O9. The van der Waals surface area contributed by atoms with Gasteiger partial charge in [-0.05, 0) is 25.0 Å². The van der Waals surface area contributed by atoms with Crippen molar-refractivity contribution in [2.24, 2.45) is 0 Å². The Morgan fingerprint density at radius 1 is 1.19 bits per heavy atom. The SMILES string of the molecule is O=C(NCCOCCOCCCCCCCl)OCC=Cc1cn([C@H]2CC(O)[C@@H](CO)O2)c(=O)[nH]c1=O. The molecule has 1 aliphatic heterocycles. The van der Waals surface area contributed by atoms with E-state index >= 15 is 0 Å². The summed E-state index contributed by atoms with van der Waals surface area (Å²) >= 11 is 5.62. The average molecular weight is 534 g/mol. The Morgan fingerprint density at radius 3 is 2.67 bits per heavy atom. The zero-order valence-corrected chi connectivity index (χ0v) is 21.0. The summed E-state index contributed by atoms with van der Waals surface area (Å²) in [5.41, 5.74) is -1.19. The largest absolute Gasteiger partial charge is 0.445 e. The Kier molecular flexibility index (Phi) is 14.4. The number of aliphatic hydroxyl groups is 2. The highest BCUT2D eigenvalue weighted by atomic mass is 35.5. The number of unbranched alkanes of at least 4 members (excludes halogenated alkanes) is 3. The van der Waals surface area contributed by atoms with Gasteiger partial charge < -0.3 is 34.5 Å². The van der Waals surface area contributed by atoms with Gasteiger partial charge in [-0.15, -0.1) is 11.6 Å². The lowest BCUT2D eigenvalue weighted by atomic mass is 10.2. The first kappa shape index (κ1) is 30.0. The molecule has 2 heterocycles. The molecule has 1 unspecified atom stereocenters. The van der Waals surface area contributed by atoms with E-state index in [4.69, 9.17) is 30.5 Å². The molecule has 0 saturated carbocycles. The van der Waals surface area contributed by atoms with Gasteiger partial charge >= 0.3 is 11.8 Å². The van der Waals surface area contributed by atoms with Gasteiger partial charge in [0.25, 0.3) is 5.56 Å². The van der Waals surface area contributed by atoms with Crippen LogP contribution in [0, 0.1) is 0 Å². The Morgan fingerprint density at radius 2 is 1.94 bits per heavy atom. The van der Waals surface area contributed by atoms with Crippen LogP contribution >= 0.6 is 11.6 Å². The van der Waals surface area contributed by atoms with E-state index in [0.717, 1.165) is 30.3 Å². The van der Waals surface area contributed by atoms with Crippen LogP contribution in [0.4, 0.5) is 4.79 Å². The maximum atomic E-state index is 12.1. The topological polar surface area (TPSA) is 161 Å². The highest BCUT2D eigenvalue weighted by Crippen LogP contribution is 2.27. The summed E-state index contributed by atoms with van der Waals surface area (Å²) in [6.45, 7) is 1.71. The summed E-state index contributed by atoms with van der Waals surface area (Å²) in [4.78, 5) is 38.1. The number of alkyl carbamates (subject to hydrolysis) is 1. The molecule has 2 rings (SSSR count). The fraction of sp³-hybridized carbons (Fsp3) is 0.696. The number of H-pyrrole nitrogens is 1. The number of ether oxygens (including phenoxy) is 4. The summed E-state index contributed by atoms with van der Waals surface area (Å²) in [5.74, 6) is 0.698. The molecule has 0 bridgehead atoms. The van der Waals surface area contributed by atoms with E-state index in [1.54, 1.807) is 0 Å². The minimum atomic E-state index is -0.926. The van der Waals surface area contributed by atoms with Crippen molar-refractivity contribution >= 4 is 23.8 Å². The van der Waals surface area contributed by atoms with Gasteiger partial charge in [0, 0.05) is 31.6 Å². The number of nitrogens with one attached hydrogen (secondary N) is 2. The number of carbonyl (C=O) groups is 1. The summed E-state index contributed by atoms with van der Waals surface area (Å²) in [5, 5.41) is 21.6. The molecule has 36 heavy (non-hydrogen) atoms. The number of hydrogen-bond donors (Lipinski definition) is 4. The van der Waals surface area contributed by atoms with Crippen LogP contribution in [0.5, 0.6) is 0 Å². The molecule has 1 fully saturated rings. The lowest BCUT2D eigenvalue weighted by molar-refractivity contribution is -0.0459. The molecule has 0 spiro atoms. The monoisotopic (exact) mass is 533 g/mol. The predicted molar refractivity (Wildman–Crippen MR) is 132 cm³/mol. The third-order valence-corrected chi connectivity index (χ3v) is 5.63. The number of amides is 1. The molecule has 12 nitrogen and oxygen atoms in total. The highest BCUT2D eigenvalue weighted by molar-refractivity contribution is 6.17. The van der Waals surface area contributed by atoms with Crippen LogP contribution in [0.3, 0.4) is 0 Å². The van der Waals surface area contributed by atoms with E-state index in [1.807, 2.05) is 0 Å². The molecule has 1 aromatic heterocycles. The average Bonchev–Trinajstić information content (AvgIpc) is 3.23. The molecule has 13 heteroatoms. The number of halogens is 1. The Hall–Kier alpha value is -2.22. The summed E-state index contributed by atoms with van der Waals surface area (Å²) < 4.78 is 22.4. The molecule has 1 aromatic rings. The maximum absolute atomic E-state index is 12.1. The molecule has 4 N–H and O–H groups in total. The number of carbonyl (C=O) groups excluding carboxylic acids is 1. The van der Waals surface area contributed by atoms with E-state index in [-0.39, 0.29) is 25.1 Å². The number of hydrogen-bond acceptors (Lipinski definition) is 9. The lowest BCUT2D eigenvalue weighted by Gasteiger charge is -2.14. The van der Waals surface area contributed by atoms with Crippen molar-refractivity contribution in [3.63, 3.8) is 0 Å². The van der Waals surface area contributed by atoms with Crippen LogP contribution < -0.4 is 16.6 Å². The summed E-state index contributed by atoms with van der Waals surface area (Å²) in [6.07, 6.45) is 5.28. The zero-order valence-electron chi connectivity index (χ0n) is 20.2. The van der Waals surface area contributed by atoms with E-state index in [0.29, 0.717) is 32.3 Å². The van der Waals surface area contributed by atoms with Gasteiger partial charge in [-0.1, -0.05) is 12.8 Å². The van der Waals surface area contributed by atoms with Gasteiger partial charge in [0.1, 0.15) is 18.9 Å². The smallest absolute Gasteiger partial charge is 0.407 e. The number of aliphatic hydroxyl groups excluding tert-OH is 2. The van der Waals surface area contributed by atoms with Crippen molar-refractivity contribution in [1.82, 2.24) is 14.9 Å². The van der Waals surface area contributed by atoms with Crippen LogP contribution in [0.1, 0.15) is 43.9 Å². The first-order chi connectivity index (χ1) is 17.5. The van der Waals surface area contributed by atoms with Gasteiger partial charge in [0.15, 0.2) is 0 Å². The first-order valence-electron chi connectivity index (χ1n) is 12.0. The van der Waals surface area contributed by atoms with E-state index in [1.165, 1.54) is 18.3 Å². The molecule has 204 valence electrons. The molecule has 3 atom stereocenters. The number of nitrogens with zero attached hydrogens (tertiary/aromatic N) is 1. The number of rotatable bonds is 17. The predicted octanol–water partition coefficient (Wildman–Crippen LogP) is 0.749. The maximum Gasteiger partial charge on any atom is 0.407 e. The minimum absolute atomic E-state index is 0.0930. The third kappa shape index (κ3) is 10.8. The summed E-state index contributed by atoms with van der Waals surface area (Å²) in [6, 6.07) is 0. The van der Waals surface area contributed by atoms with Gasteiger partial charge in [-0.25, -0.2) is 9.59 Å². The molecule has 1 amide bonds. The number of aromatic amines is 1. The van der Waals surface area contributed by atoms with Crippen molar-refractivity contribution < 1.29 is 34.0 Å². The lowest BCUT2D eigenvalue weighted by Crippen LogP contribution is -2.33. The second-order valence-electron chi connectivity index (χ2n) is 8.12. The van der Waals surface area contributed by atoms with Gasteiger partial charge in [0.05, 0.1) is 38.1 Å². The first-order valence-corrected chi connectivity index (χ1v) is 12.6. The van der Waals surface area contributed by atoms with Gasteiger partial charge in [-0.2, -0.15) is 0 Å². The normalized spacial score (nSPS) is 19.7. The second kappa shape index (κ2) is 17.3. The molecule has 1 aliphatic rings. The molecule has 0 aromatic carbocycles. The van der Waals surface area contributed by atoms with Crippen molar-refractivity contribution in [3.05, 3.63) is 38.7 Å². The van der Waals surface area contributed by atoms with Crippen LogP contribution in [0.15, 0.2) is 21.9 Å². The van der Waals surface area contributed by atoms with Crippen LogP contribution in [-0.2, 0) is 18.9 Å². The van der Waals surface area contributed by atoms with Gasteiger partial charge in [0.2, 0.25) is 0 Å². The zero-order chi connectivity index (χ0) is 26.2. The molecule has 1 saturated heterocycles. The van der Waals surface area contributed by atoms with Crippen molar-refractivity contribution in [3.8, 4) is 0 Å². The quantitative estimate of drug-likeness (QED) is 0.167. The van der Waals surface area contributed by atoms with Crippen LogP contribution in [-0.4, -0.2) is 90.1 Å². The van der Waals surface area contributed by atoms with Crippen LogP contribution in [0.2, 0.25) is 0 Å².